The number of aliphatic carboxylic acids is 1. The normalized spacial score (nSPS) is 12.9. The van der Waals surface area contributed by atoms with Crippen molar-refractivity contribution < 1.29 is 37.1 Å². The smallest absolute Gasteiger partial charge is 0.333 e. The van der Waals surface area contributed by atoms with Gasteiger partial charge < -0.3 is 10.2 Å². The Hall–Kier alpha value is -2.18. The van der Waals surface area contributed by atoms with Crippen LogP contribution in [0.3, 0.4) is 0 Å². The maximum Gasteiger partial charge on any atom is 0.333 e. The number of carboxylic acid groups (broad SMARTS) is 1. The predicted octanol–water partition coefficient (Wildman–Crippen LogP) is -0.403. The van der Waals surface area contributed by atoms with E-state index in [2.05, 4.69) is 0 Å². The number of aliphatic hydroxyl groups excluding tert-OH is 1. The quantitative estimate of drug-likeness (QED) is 0.476. The number of halogens is 2. The van der Waals surface area contributed by atoms with Crippen LogP contribution in [0, 0.1) is 21.7 Å². The van der Waals surface area contributed by atoms with Crippen molar-refractivity contribution in [3.63, 3.8) is 0 Å². The van der Waals surface area contributed by atoms with Crippen molar-refractivity contribution in [1.82, 2.24) is 4.72 Å². The number of sulfonamides is 1. The van der Waals surface area contributed by atoms with Crippen molar-refractivity contribution in [1.29, 1.82) is 0 Å². The van der Waals surface area contributed by atoms with Crippen LogP contribution < -0.4 is 4.72 Å². The summed E-state index contributed by atoms with van der Waals surface area (Å²) in [4.78, 5) is 18.3. The van der Waals surface area contributed by atoms with Gasteiger partial charge >= 0.3 is 11.7 Å². The number of nitro groups is 1. The van der Waals surface area contributed by atoms with Crippen LogP contribution in [0.4, 0.5) is 14.5 Å². The van der Waals surface area contributed by atoms with Crippen LogP contribution in [-0.2, 0) is 14.8 Å². The van der Waals surface area contributed by atoms with Gasteiger partial charge in [-0.3, -0.25) is 10.1 Å². The standard InChI is InChI=1S/C9H8F2N2O7S/c10-4-1-5(11)8(2-6(4)13(17)18)21(19,20)12-3-7(14)9(15)16/h1-2,7,12,14H,3H2,(H,15,16). The topological polar surface area (TPSA) is 147 Å². The number of hydrogen-bond acceptors (Lipinski definition) is 6. The van der Waals surface area contributed by atoms with Gasteiger partial charge in [0.1, 0.15) is 10.7 Å². The number of rotatable bonds is 6. The molecule has 0 radical (unpaired) electrons. The molecule has 0 amide bonds. The molecular formula is C9H8F2N2O7S. The molecule has 0 heterocycles. The van der Waals surface area contributed by atoms with Crippen molar-refractivity contribution in [2.45, 2.75) is 11.0 Å². The maximum atomic E-state index is 13.4. The van der Waals surface area contributed by atoms with Gasteiger partial charge in [-0.2, -0.15) is 4.39 Å². The minimum atomic E-state index is -4.71. The summed E-state index contributed by atoms with van der Waals surface area (Å²) < 4.78 is 51.4. The van der Waals surface area contributed by atoms with Crippen molar-refractivity contribution in [3.8, 4) is 0 Å². The average Bonchev–Trinajstić information content (AvgIpc) is 2.34. The number of nitrogens with zero attached hydrogens (tertiary/aromatic N) is 1. The van der Waals surface area contributed by atoms with Gasteiger partial charge in [0.25, 0.3) is 0 Å². The fraction of sp³-hybridized carbons (Fsp3) is 0.222. The Morgan fingerprint density at radius 2 is 1.95 bits per heavy atom. The zero-order chi connectivity index (χ0) is 16.4. The molecule has 1 atom stereocenters. The molecule has 0 spiro atoms. The first-order valence-electron chi connectivity index (χ1n) is 5.10. The second-order valence-corrected chi connectivity index (χ2v) is 5.43. The molecule has 1 aromatic rings. The fourth-order valence-electron chi connectivity index (χ4n) is 1.22. The summed E-state index contributed by atoms with van der Waals surface area (Å²) in [5, 5.41) is 27.7. The zero-order valence-corrected chi connectivity index (χ0v) is 10.8. The van der Waals surface area contributed by atoms with Crippen LogP contribution in [0.1, 0.15) is 0 Å². The Morgan fingerprint density at radius 3 is 2.43 bits per heavy atom. The van der Waals surface area contributed by atoms with Crippen molar-refractivity contribution in [2.24, 2.45) is 0 Å². The molecule has 1 unspecified atom stereocenters. The van der Waals surface area contributed by atoms with Gasteiger partial charge in [0.15, 0.2) is 6.10 Å². The van der Waals surface area contributed by atoms with E-state index in [0.717, 1.165) is 0 Å². The third-order valence-corrected chi connectivity index (χ3v) is 3.68. The molecule has 0 aromatic heterocycles. The molecule has 1 aromatic carbocycles. The third-order valence-electron chi connectivity index (χ3n) is 2.24. The van der Waals surface area contributed by atoms with E-state index in [0.29, 0.717) is 0 Å². The summed E-state index contributed by atoms with van der Waals surface area (Å²) in [5.41, 5.74) is -1.27. The maximum absolute atomic E-state index is 13.4. The van der Waals surface area contributed by atoms with Crippen LogP contribution in [0.15, 0.2) is 17.0 Å². The van der Waals surface area contributed by atoms with Gasteiger partial charge in [-0.05, 0) is 0 Å². The largest absolute Gasteiger partial charge is 0.479 e. The van der Waals surface area contributed by atoms with Gasteiger partial charge in [0.2, 0.25) is 15.8 Å². The summed E-state index contributed by atoms with van der Waals surface area (Å²) in [6, 6.07) is 0.167. The highest BCUT2D eigenvalue weighted by Crippen LogP contribution is 2.24. The molecule has 0 aliphatic heterocycles. The number of benzene rings is 1. The number of aliphatic hydroxyl groups is 1. The zero-order valence-electron chi connectivity index (χ0n) is 9.99. The highest BCUT2D eigenvalue weighted by Gasteiger charge is 2.27. The van der Waals surface area contributed by atoms with Gasteiger partial charge in [-0.25, -0.2) is 22.3 Å². The number of nitro benzene ring substituents is 1. The van der Waals surface area contributed by atoms with Crippen LogP contribution in [-0.4, -0.2) is 42.2 Å². The average molecular weight is 326 g/mol. The van der Waals surface area contributed by atoms with Gasteiger partial charge in [-0.15, -0.1) is 0 Å². The van der Waals surface area contributed by atoms with Crippen LogP contribution in [0.2, 0.25) is 0 Å². The number of nitrogens with one attached hydrogen (secondary N) is 1. The summed E-state index contributed by atoms with van der Waals surface area (Å²) in [6.45, 7) is -0.998. The van der Waals surface area contributed by atoms with Crippen LogP contribution in [0.25, 0.3) is 0 Å². The van der Waals surface area contributed by atoms with Crippen LogP contribution in [0.5, 0.6) is 0 Å². The molecule has 12 heteroatoms. The lowest BCUT2D eigenvalue weighted by Gasteiger charge is -2.09. The predicted molar refractivity (Wildman–Crippen MR) is 61.8 cm³/mol. The monoisotopic (exact) mass is 326 g/mol. The molecule has 9 nitrogen and oxygen atoms in total. The van der Waals surface area contributed by atoms with Crippen molar-refractivity contribution in [2.75, 3.05) is 6.54 Å². The summed E-state index contributed by atoms with van der Waals surface area (Å²) >= 11 is 0. The molecule has 1 rings (SSSR count). The van der Waals surface area contributed by atoms with E-state index in [9.17, 15) is 32.1 Å². The Balaban J connectivity index is 3.17. The Kier molecular flexibility index (Phi) is 4.88. The lowest BCUT2D eigenvalue weighted by atomic mass is 10.3. The SMILES string of the molecule is O=C(O)C(O)CNS(=O)(=O)c1cc([N+](=O)[O-])c(F)cc1F. The first-order chi connectivity index (χ1) is 9.56. The first kappa shape index (κ1) is 16.9. The molecule has 0 aliphatic rings. The minimum absolute atomic E-state index is 0.0142. The lowest BCUT2D eigenvalue weighted by Crippen LogP contribution is -2.36. The summed E-state index contributed by atoms with van der Waals surface area (Å²) in [7, 11) is -4.71. The summed E-state index contributed by atoms with van der Waals surface area (Å²) in [6.07, 6.45) is -2.10. The van der Waals surface area contributed by atoms with E-state index in [1.54, 1.807) is 0 Å². The second-order valence-electron chi connectivity index (χ2n) is 3.70. The van der Waals surface area contributed by atoms with E-state index < -0.39 is 55.8 Å². The minimum Gasteiger partial charge on any atom is -0.479 e. The molecule has 0 bridgehead atoms. The van der Waals surface area contributed by atoms with E-state index in [1.165, 1.54) is 4.72 Å². The second kappa shape index (κ2) is 6.07. The Labute approximate surface area is 116 Å². The highest BCUT2D eigenvalue weighted by atomic mass is 32.2. The molecule has 21 heavy (non-hydrogen) atoms. The molecule has 0 fully saturated rings. The molecule has 0 saturated heterocycles. The van der Waals surface area contributed by atoms with Gasteiger partial charge in [0, 0.05) is 18.7 Å². The third kappa shape index (κ3) is 3.90. The molecule has 0 saturated carbocycles. The van der Waals surface area contributed by atoms with Gasteiger partial charge in [-0.1, -0.05) is 0 Å². The lowest BCUT2D eigenvalue weighted by molar-refractivity contribution is -0.387. The Morgan fingerprint density at radius 1 is 1.38 bits per heavy atom. The molecular weight excluding hydrogens is 318 g/mol. The number of carboxylic acids is 1. The van der Waals surface area contributed by atoms with Gasteiger partial charge in [0.05, 0.1) is 4.92 Å². The van der Waals surface area contributed by atoms with E-state index >= 15 is 0 Å². The highest BCUT2D eigenvalue weighted by molar-refractivity contribution is 7.89. The van der Waals surface area contributed by atoms with E-state index in [-0.39, 0.29) is 12.1 Å². The summed E-state index contributed by atoms with van der Waals surface area (Å²) in [5.74, 6) is -4.90. The van der Waals surface area contributed by atoms with Crippen LogP contribution >= 0.6 is 0 Å². The van der Waals surface area contributed by atoms with Crippen molar-refractivity contribution in [3.05, 3.63) is 33.9 Å². The van der Waals surface area contributed by atoms with Crippen molar-refractivity contribution >= 4 is 21.7 Å². The molecule has 3 N–H and O–H groups in total. The first-order valence-corrected chi connectivity index (χ1v) is 6.58. The number of hydrogen-bond donors (Lipinski definition) is 3. The number of carbonyl (C=O) groups is 1. The van der Waals surface area contributed by atoms with E-state index in [1.807, 2.05) is 0 Å². The fourth-order valence-corrected chi connectivity index (χ4v) is 2.33. The molecule has 116 valence electrons. The Bertz CT molecular complexity index is 692. The van der Waals surface area contributed by atoms with E-state index in [4.69, 9.17) is 10.2 Å². The molecule has 0 aliphatic carbocycles.